The van der Waals surface area contributed by atoms with Gasteiger partial charge in [0.1, 0.15) is 0 Å². The van der Waals surface area contributed by atoms with Crippen LogP contribution in [0.2, 0.25) is 0 Å². The molecule has 84 valence electrons. The SMILES string of the molecule is COCCN(C)c1ccc(CCl)c(Br)c1. The fourth-order valence-corrected chi connectivity index (χ4v) is 2.14. The van der Waals surface area contributed by atoms with Crippen molar-refractivity contribution in [3.8, 4) is 0 Å². The second-order valence-corrected chi connectivity index (χ2v) is 4.45. The van der Waals surface area contributed by atoms with Crippen LogP contribution in [0.3, 0.4) is 0 Å². The van der Waals surface area contributed by atoms with Crippen molar-refractivity contribution in [2.45, 2.75) is 5.88 Å². The molecular formula is C11H15BrClNO. The molecule has 0 unspecified atom stereocenters. The average molecular weight is 293 g/mol. The minimum atomic E-state index is 0.530. The van der Waals surface area contributed by atoms with E-state index in [0.29, 0.717) is 5.88 Å². The third-order valence-corrected chi connectivity index (χ3v) is 3.28. The maximum Gasteiger partial charge on any atom is 0.0637 e. The summed E-state index contributed by atoms with van der Waals surface area (Å²) in [4.78, 5) is 2.15. The Bertz CT molecular complexity index is 319. The van der Waals surface area contributed by atoms with E-state index < -0.39 is 0 Å². The quantitative estimate of drug-likeness (QED) is 0.772. The highest BCUT2D eigenvalue weighted by atomic mass is 79.9. The summed E-state index contributed by atoms with van der Waals surface area (Å²) in [5.74, 6) is 0.530. The van der Waals surface area contributed by atoms with Crippen molar-refractivity contribution in [2.24, 2.45) is 0 Å². The molecule has 0 atom stereocenters. The molecule has 0 aromatic heterocycles. The molecule has 15 heavy (non-hydrogen) atoms. The number of rotatable bonds is 5. The fourth-order valence-electron chi connectivity index (χ4n) is 1.24. The van der Waals surface area contributed by atoms with Crippen LogP contribution >= 0.6 is 27.5 Å². The molecule has 0 saturated heterocycles. The second-order valence-electron chi connectivity index (χ2n) is 3.32. The normalized spacial score (nSPS) is 10.4. The van der Waals surface area contributed by atoms with Crippen molar-refractivity contribution >= 4 is 33.2 Å². The molecular weight excluding hydrogens is 277 g/mol. The van der Waals surface area contributed by atoms with Crippen LogP contribution in [0.1, 0.15) is 5.56 Å². The summed E-state index contributed by atoms with van der Waals surface area (Å²) >= 11 is 9.29. The van der Waals surface area contributed by atoms with E-state index >= 15 is 0 Å². The molecule has 0 heterocycles. The van der Waals surface area contributed by atoms with Crippen molar-refractivity contribution in [1.82, 2.24) is 0 Å². The van der Waals surface area contributed by atoms with E-state index in [4.69, 9.17) is 16.3 Å². The van der Waals surface area contributed by atoms with Gasteiger partial charge in [-0.2, -0.15) is 0 Å². The number of halogens is 2. The summed E-state index contributed by atoms with van der Waals surface area (Å²) in [7, 11) is 3.75. The number of likely N-dealkylation sites (N-methyl/N-ethyl adjacent to an activating group) is 1. The number of nitrogens with zero attached hydrogens (tertiary/aromatic N) is 1. The van der Waals surface area contributed by atoms with Crippen LogP contribution in [0.4, 0.5) is 5.69 Å². The number of ether oxygens (including phenoxy) is 1. The summed E-state index contributed by atoms with van der Waals surface area (Å²) in [6.45, 7) is 1.61. The molecule has 0 aliphatic heterocycles. The first-order valence-corrected chi connectivity index (χ1v) is 6.06. The Morgan fingerprint density at radius 2 is 2.20 bits per heavy atom. The number of anilines is 1. The van der Waals surface area contributed by atoms with E-state index in [1.54, 1.807) is 7.11 Å². The van der Waals surface area contributed by atoms with Gasteiger partial charge in [0.05, 0.1) is 6.61 Å². The van der Waals surface area contributed by atoms with Crippen LogP contribution in [0.25, 0.3) is 0 Å². The van der Waals surface area contributed by atoms with Gasteiger partial charge in [0.25, 0.3) is 0 Å². The molecule has 4 heteroatoms. The van der Waals surface area contributed by atoms with Gasteiger partial charge in [0.2, 0.25) is 0 Å². The van der Waals surface area contributed by atoms with Crippen LogP contribution in [-0.4, -0.2) is 27.3 Å². The zero-order valence-corrected chi connectivity index (χ0v) is 11.3. The summed E-state index contributed by atoms with van der Waals surface area (Å²) in [6.07, 6.45) is 0. The number of methoxy groups -OCH3 is 1. The van der Waals surface area contributed by atoms with Gasteiger partial charge in [-0.15, -0.1) is 11.6 Å². The zero-order chi connectivity index (χ0) is 11.3. The van der Waals surface area contributed by atoms with Gasteiger partial charge < -0.3 is 9.64 Å². The molecule has 1 aromatic carbocycles. The number of alkyl halides is 1. The topological polar surface area (TPSA) is 12.5 Å². The maximum atomic E-state index is 5.78. The summed E-state index contributed by atoms with van der Waals surface area (Å²) in [5, 5.41) is 0. The van der Waals surface area contributed by atoms with Gasteiger partial charge >= 0.3 is 0 Å². The highest BCUT2D eigenvalue weighted by molar-refractivity contribution is 9.10. The van der Waals surface area contributed by atoms with Crippen LogP contribution in [0.15, 0.2) is 22.7 Å². The van der Waals surface area contributed by atoms with E-state index in [1.807, 2.05) is 13.1 Å². The first kappa shape index (κ1) is 12.8. The van der Waals surface area contributed by atoms with Gasteiger partial charge in [0, 0.05) is 36.7 Å². The van der Waals surface area contributed by atoms with Crippen LogP contribution in [-0.2, 0) is 10.6 Å². The Kier molecular flexibility index (Phi) is 5.43. The second kappa shape index (κ2) is 6.36. The molecule has 0 radical (unpaired) electrons. The Morgan fingerprint density at radius 3 is 2.73 bits per heavy atom. The predicted octanol–water partition coefficient (Wildman–Crippen LogP) is 3.27. The standard InChI is InChI=1S/C11H15BrClNO/c1-14(5-6-15-2)10-4-3-9(8-13)11(12)7-10/h3-4,7H,5-6,8H2,1-2H3. The molecule has 0 saturated carbocycles. The number of hydrogen-bond acceptors (Lipinski definition) is 2. The molecule has 0 spiro atoms. The van der Waals surface area contributed by atoms with Gasteiger partial charge in [-0.3, -0.25) is 0 Å². The lowest BCUT2D eigenvalue weighted by molar-refractivity contribution is 0.206. The molecule has 0 aliphatic carbocycles. The van der Waals surface area contributed by atoms with Crippen molar-refractivity contribution in [2.75, 3.05) is 32.2 Å². The van der Waals surface area contributed by atoms with Crippen molar-refractivity contribution in [3.63, 3.8) is 0 Å². The van der Waals surface area contributed by atoms with Crippen LogP contribution in [0, 0.1) is 0 Å². The molecule has 2 nitrogen and oxygen atoms in total. The molecule has 1 rings (SSSR count). The smallest absolute Gasteiger partial charge is 0.0637 e. The Balaban J connectivity index is 2.73. The number of benzene rings is 1. The molecule has 1 aromatic rings. The minimum absolute atomic E-state index is 0.530. The average Bonchev–Trinajstić information content (AvgIpc) is 2.25. The highest BCUT2D eigenvalue weighted by Crippen LogP contribution is 2.24. The first-order valence-electron chi connectivity index (χ1n) is 4.73. The minimum Gasteiger partial charge on any atom is -0.383 e. The van der Waals surface area contributed by atoms with E-state index in [9.17, 15) is 0 Å². The lowest BCUT2D eigenvalue weighted by Crippen LogP contribution is -2.21. The molecule has 0 aliphatic rings. The lowest BCUT2D eigenvalue weighted by Gasteiger charge is -2.19. The highest BCUT2D eigenvalue weighted by Gasteiger charge is 2.04. The molecule has 0 fully saturated rings. The van der Waals surface area contributed by atoms with E-state index in [2.05, 4.69) is 33.0 Å². The van der Waals surface area contributed by atoms with Gasteiger partial charge in [0.15, 0.2) is 0 Å². The van der Waals surface area contributed by atoms with Crippen LogP contribution < -0.4 is 4.90 Å². The third-order valence-electron chi connectivity index (χ3n) is 2.25. The van der Waals surface area contributed by atoms with E-state index in [1.165, 1.54) is 0 Å². The Morgan fingerprint density at radius 1 is 1.47 bits per heavy atom. The molecule has 0 N–H and O–H groups in total. The van der Waals surface area contributed by atoms with Gasteiger partial charge in [-0.25, -0.2) is 0 Å². The van der Waals surface area contributed by atoms with Gasteiger partial charge in [-0.05, 0) is 17.7 Å². The maximum absolute atomic E-state index is 5.78. The van der Waals surface area contributed by atoms with Crippen LogP contribution in [0.5, 0.6) is 0 Å². The van der Waals surface area contributed by atoms with E-state index in [-0.39, 0.29) is 0 Å². The molecule has 0 bridgehead atoms. The summed E-state index contributed by atoms with van der Waals surface area (Å²) in [6, 6.07) is 6.18. The third kappa shape index (κ3) is 3.67. The Hall–Kier alpha value is -0.250. The predicted molar refractivity (Wildman–Crippen MR) is 68.8 cm³/mol. The fraction of sp³-hybridized carbons (Fsp3) is 0.455. The van der Waals surface area contributed by atoms with Crippen molar-refractivity contribution in [1.29, 1.82) is 0 Å². The monoisotopic (exact) mass is 291 g/mol. The molecule has 0 amide bonds. The summed E-state index contributed by atoms with van der Waals surface area (Å²) in [5.41, 5.74) is 2.27. The lowest BCUT2D eigenvalue weighted by atomic mass is 10.2. The van der Waals surface area contributed by atoms with Crippen molar-refractivity contribution < 1.29 is 4.74 Å². The number of hydrogen-bond donors (Lipinski definition) is 0. The Labute approximate surface area is 104 Å². The largest absolute Gasteiger partial charge is 0.383 e. The summed E-state index contributed by atoms with van der Waals surface area (Å²) < 4.78 is 6.09. The zero-order valence-electron chi connectivity index (χ0n) is 8.96. The first-order chi connectivity index (χ1) is 7.19. The van der Waals surface area contributed by atoms with Gasteiger partial charge in [-0.1, -0.05) is 22.0 Å². The van der Waals surface area contributed by atoms with Crippen molar-refractivity contribution in [3.05, 3.63) is 28.2 Å². The van der Waals surface area contributed by atoms with E-state index in [0.717, 1.165) is 28.9 Å².